The van der Waals surface area contributed by atoms with E-state index in [1.165, 1.54) is 91.7 Å². The molecule has 0 bridgehead atoms. The van der Waals surface area contributed by atoms with Gasteiger partial charge in [0.25, 0.3) is 0 Å². The minimum atomic E-state index is 0. The molecule has 0 aliphatic carbocycles. The Labute approximate surface area is 323 Å². The molecule has 6 aromatic rings. The molecule has 0 nitrogen and oxygen atoms in total. The Hall–Kier alpha value is -2.45. The number of hydrogen-bond acceptors (Lipinski definition) is 0. The molecule has 256 valence electrons. The smallest absolute Gasteiger partial charge is 0 e. The van der Waals surface area contributed by atoms with Gasteiger partial charge in [-0.2, -0.15) is 12.1 Å². The SMILES string of the molecule is CCCc1ccc(-c2cccc3[cH-]c(C(C)C)cc23)cc1.CCCc1ccc(-c2cccc3[cH-]c(C(C)C)cc23)cc1.[CH2-]C[CH2-].[Cl-].[Cl-].[Hf]. The Balaban J connectivity index is 0.000000420. The number of fused-ring (bicyclic) bond motifs is 2. The van der Waals surface area contributed by atoms with Crippen LogP contribution in [0.4, 0.5) is 0 Å². The van der Waals surface area contributed by atoms with Crippen molar-refractivity contribution in [2.45, 2.75) is 85.5 Å². The van der Waals surface area contributed by atoms with E-state index < -0.39 is 0 Å². The summed E-state index contributed by atoms with van der Waals surface area (Å²) in [5.41, 5.74) is 11.1. The molecule has 0 unspecified atom stereocenters. The first-order valence-corrected chi connectivity index (χ1v) is 16.9. The third-order valence-electron chi connectivity index (χ3n) is 8.49. The van der Waals surface area contributed by atoms with Gasteiger partial charge in [0.2, 0.25) is 0 Å². The number of halogens is 2. The summed E-state index contributed by atoms with van der Waals surface area (Å²) in [5.74, 6) is 1.16. The maximum absolute atomic E-state index is 3.38. The summed E-state index contributed by atoms with van der Waals surface area (Å²) >= 11 is 0. The number of hydrogen-bond donors (Lipinski definition) is 0. The first-order chi connectivity index (χ1) is 21.8. The predicted molar refractivity (Wildman–Crippen MR) is 201 cm³/mol. The van der Waals surface area contributed by atoms with Crippen molar-refractivity contribution in [2.24, 2.45) is 0 Å². The van der Waals surface area contributed by atoms with Crippen LogP contribution in [0.25, 0.3) is 43.8 Å². The molecule has 3 heteroatoms. The van der Waals surface area contributed by atoms with E-state index in [4.69, 9.17) is 0 Å². The van der Waals surface area contributed by atoms with Crippen LogP contribution in [-0.4, -0.2) is 0 Å². The van der Waals surface area contributed by atoms with E-state index in [-0.39, 0.29) is 50.7 Å². The average molecular weight is 842 g/mol. The first kappa shape index (κ1) is 43.6. The summed E-state index contributed by atoms with van der Waals surface area (Å²) in [5, 5.41) is 5.47. The number of benzene rings is 4. The van der Waals surface area contributed by atoms with E-state index >= 15 is 0 Å². The summed E-state index contributed by atoms with van der Waals surface area (Å²) in [7, 11) is 0. The number of rotatable bonds is 8. The Bertz CT molecular complexity index is 1620. The second kappa shape index (κ2) is 21.6. The molecule has 48 heavy (non-hydrogen) atoms. The molecule has 0 atom stereocenters. The fourth-order valence-electron chi connectivity index (χ4n) is 5.97. The molecule has 0 radical (unpaired) electrons. The molecule has 0 spiro atoms. The Kier molecular flexibility index (Phi) is 19.6. The molecule has 6 rings (SSSR count). The Morgan fingerprint density at radius 1 is 0.542 bits per heavy atom. The van der Waals surface area contributed by atoms with Gasteiger partial charge >= 0.3 is 0 Å². The zero-order valence-corrected chi connectivity index (χ0v) is 34.9. The quantitative estimate of drug-likeness (QED) is 0.109. The molecule has 0 amide bonds. The molecule has 0 fully saturated rings. The van der Waals surface area contributed by atoms with Gasteiger partial charge in [0.05, 0.1) is 0 Å². The van der Waals surface area contributed by atoms with E-state index in [0.717, 1.165) is 6.42 Å². The van der Waals surface area contributed by atoms with Gasteiger partial charge in [0.1, 0.15) is 0 Å². The van der Waals surface area contributed by atoms with Crippen molar-refractivity contribution in [3.63, 3.8) is 0 Å². The molecule has 0 aromatic heterocycles. The summed E-state index contributed by atoms with van der Waals surface area (Å²) in [6, 6.07) is 40.8. The first-order valence-electron chi connectivity index (χ1n) is 16.9. The fourth-order valence-corrected chi connectivity index (χ4v) is 5.97. The molecule has 0 heterocycles. The third kappa shape index (κ3) is 11.3. The van der Waals surface area contributed by atoms with Crippen LogP contribution in [0.15, 0.2) is 109 Å². The van der Waals surface area contributed by atoms with E-state index in [1.807, 2.05) is 0 Å². The van der Waals surface area contributed by atoms with Gasteiger partial charge in [-0.25, -0.2) is 0 Å². The topological polar surface area (TPSA) is 0 Å². The van der Waals surface area contributed by atoms with Crippen LogP contribution in [0.1, 0.15) is 94.9 Å². The molecular formula is C45H52Cl2Hf-6. The van der Waals surface area contributed by atoms with Crippen molar-refractivity contribution in [2.75, 3.05) is 0 Å². The summed E-state index contributed by atoms with van der Waals surface area (Å²) in [6.45, 7) is 20.2. The van der Waals surface area contributed by atoms with Crippen molar-refractivity contribution >= 4 is 21.5 Å². The van der Waals surface area contributed by atoms with Crippen LogP contribution < -0.4 is 24.8 Å². The second-order valence-electron chi connectivity index (χ2n) is 12.8. The zero-order valence-electron chi connectivity index (χ0n) is 29.8. The molecule has 0 aliphatic rings. The summed E-state index contributed by atoms with van der Waals surface area (Å²) in [4.78, 5) is 0. The predicted octanol–water partition coefficient (Wildman–Crippen LogP) is 7.65. The van der Waals surface area contributed by atoms with E-state index in [1.54, 1.807) is 0 Å². The molecule has 6 aromatic carbocycles. The van der Waals surface area contributed by atoms with Crippen molar-refractivity contribution in [3.8, 4) is 22.3 Å². The van der Waals surface area contributed by atoms with Crippen LogP contribution in [0.2, 0.25) is 0 Å². The van der Waals surface area contributed by atoms with Gasteiger partial charge in [0.15, 0.2) is 0 Å². The molecular weight excluding hydrogens is 790 g/mol. The maximum atomic E-state index is 3.38. The van der Waals surface area contributed by atoms with Gasteiger partial charge in [-0.15, -0.1) is 69.1 Å². The zero-order chi connectivity index (χ0) is 32.3. The van der Waals surface area contributed by atoms with Crippen molar-refractivity contribution in [1.82, 2.24) is 0 Å². The maximum Gasteiger partial charge on any atom is 0 e. The van der Waals surface area contributed by atoms with Gasteiger partial charge in [-0.3, -0.25) is 0 Å². The van der Waals surface area contributed by atoms with Gasteiger partial charge < -0.3 is 45.1 Å². The van der Waals surface area contributed by atoms with E-state index in [0.29, 0.717) is 11.8 Å². The summed E-state index contributed by atoms with van der Waals surface area (Å²) in [6.07, 6.45) is 5.49. The van der Waals surface area contributed by atoms with Crippen molar-refractivity contribution in [1.29, 1.82) is 0 Å². The van der Waals surface area contributed by atoms with E-state index in [9.17, 15) is 0 Å². The average Bonchev–Trinajstić information content (AvgIpc) is 3.69. The monoisotopic (exact) mass is 842 g/mol. The normalized spacial score (nSPS) is 10.4. The van der Waals surface area contributed by atoms with E-state index in [2.05, 4.69) is 165 Å². The van der Waals surface area contributed by atoms with Crippen LogP contribution in [-0.2, 0) is 38.7 Å². The number of aryl methyl sites for hydroxylation is 2. The minimum Gasteiger partial charge on any atom is -1.00 e. The van der Waals surface area contributed by atoms with Gasteiger partial charge in [0, 0.05) is 25.8 Å². The van der Waals surface area contributed by atoms with Crippen LogP contribution >= 0.6 is 0 Å². The van der Waals surface area contributed by atoms with Crippen LogP contribution in [0.3, 0.4) is 0 Å². The fraction of sp³-hybridized carbons (Fsp3) is 0.289. The molecule has 0 N–H and O–H groups in total. The van der Waals surface area contributed by atoms with Crippen LogP contribution in [0, 0.1) is 13.8 Å². The molecule has 0 saturated carbocycles. The Morgan fingerprint density at radius 2 is 0.875 bits per heavy atom. The van der Waals surface area contributed by atoms with Gasteiger partial charge in [-0.1, -0.05) is 126 Å². The Morgan fingerprint density at radius 3 is 1.17 bits per heavy atom. The molecule has 0 saturated heterocycles. The van der Waals surface area contributed by atoms with Gasteiger partial charge in [-0.05, 0) is 46.9 Å². The second-order valence-corrected chi connectivity index (χ2v) is 12.8. The standard InChI is InChI=1S/2C21H23.C3H6.2ClH.Hf/c2*1-4-6-16-9-11-17(12-10-16)20-8-5-7-18-13-19(15(2)3)14-21(18)20;1-3-2;;;/h2*5,7-15H,4,6H2,1-3H3;1-3H2;2*1H;/q2*-1;-2;;;/p-2. The molecule has 0 aliphatic heterocycles. The third-order valence-corrected chi connectivity index (χ3v) is 8.49. The minimum absolute atomic E-state index is 0. The summed E-state index contributed by atoms with van der Waals surface area (Å²) < 4.78 is 0. The van der Waals surface area contributed by atoms with Crippen molar-refractivity contribution in [3.05, 3.63) is 145 Å². The largest absolute Gasteiger partial charge is 1.00 e. The van der Waals surface area contributed by atoms with Crippen molar-refractivity contribution < 1.29 is 50.7 Å². The van der Waals surface area contributed by atoms with Crippen LogP contribution in [0.5, 0.6) is 0 Å².